The standard InChI is InChI=1S/C20H23N5OS/c1-13-12-25(2)20(26)17(19(27)24-15-6-4-3-5-7-15)18(13)23-11-14-8-9-22-16(21)10-14/h3-10,13,23H,11-12H2,1-2H3,(H2,21,22)(H,24,27). The molecule has 0 aliphatic carbocycles. The summed E-state index contributed by atoms with van der Waals surface area (Å²) in [5, 5.41) is 6.58. The molecule has 1 atom stereocenters. The van der Waals surface area contributed by atoms with Gasteiger partial charge >= 0.3 is 0 Å². The zero-order valence-electron chi connectivity index (χ0n) is 15.4. The van der Waals surface area contributed by atoms with E-state index in [-0.39, 0.29) is 11.8 Å². The number of amides is 1. The summed E-state index contributed by atoms with van der Waals surface area (Å²) in [4.78, 5) is 19.0. The predicted octanol–water partition coefficient (Wildman–Crippen LogP) is 2.56. The molecule has 7 heteroatoms. The molecule has 0 spiro atoms. The highest BCUT2D eigenvalue weighted by molar-refractivity contribution is 7.81. The van der Waals surface area contributed by atoms with Gasteiger partial charge in [-0.05, 0) is 29.8 Å². The van der Waals surface area contributed by atoms with E-state index in [9.17, 15) is 4.79 Å². The van der Waals surface area contributed by atoms with Gasteiger partial charge in [-0.15, -0.1) is 0 Å². The topological polar surface area (TPSA) is 83.3 Å². The number of nitrogen functional groups attached to an aromatic ring is 1. The van der Waals surface area contributed by atoms with Gasteiger partial charge in [0.1, 0.15) is 10.8 Å². The molecule has 6 nitrogen and oxygen atoms in total. The van der Waals surface area contributed by atoms with E-state index >= 15 is 0 Å². The van der Waals surface area contributed by atoms with Crippen LogP contribution in [0.4, 0.5) is 11.5 Å². The Morgan fingerprint density at radius 3 is 2.78 bits per heavy atom. The minimum absolute atomic E-state index is 0.0849. The molecule has 3 rings (SSSR count). The van der Waals surface area contributed by atoms with Crippen molar-refractivity contribution in [3.05, 3.63) is 65.5 Å². The molecule has 4 N–H and O–H groups in total. The van der Waals surface area contributed by atoms with Gasteiger partial charge in [0.2, 0.25) is 0 Å². The minimum Gasteiger partial charge on any atom is -0.384 e. The molecule has 0 radical (unpaired) electrons. The molecule has 27 heavy (non-hydrogen) atoms. The van der Waals surface area contributed by atoms with Crippen LogP contribution in [-0.2, 0) is 11.3 Å². The number of anilines is 2. The fourth-order valence-corrected chi connectivity index (χ4v) is 3.45. The third-order valence-corrected chi connectivity index (χ3v) is 4.76. The number of thiocarbonyl (C=S) groups is 1. The van der Waals surface area contributed by atoms with E-state index in [0.29, 0.717) is 29.5 Å². The molecule has 140 valence electrons. The molecule has 1 amide bonds. The van der Waals surface area contributed by atoms with Crippen molar-refractivity contribution in [3.63, 3.8) is 0 Å². The van der Waals surface area contributed by atoms with Crippen LogP contribution in [0.5, 0.6) is 0 Å². The molecule has 0 saturated carbocycles. The van der Waals surface area contributed by atoms with Crippen molar-refractivity contribution in [2.45, 2.75) is 13.5 Å². The first-order chi connectivity index (χ1) is 13.0. The summed E-state index contributed by atoms with van der Waals surface area (Å²) in [7, 11) is 1.80. The molecule has 2 heterocycles. The Morgan fingerprint density at radius 1 is 1.33 bits per heavy atom. The lowest BCUT2D eigenvalue weighted by Gasteiger charge is -2.33. The summed E-state index contributed by atoms with van der Waals surface area (Å²) in [6.45, 7) is 3.26. The van der Waals surface area contributed by atoms with E-state index < -0.39 is 0 Å². The largest absolute Gasteiger partial charge is 0.384 e. The first-order valence-electron chi connectivity index (χ1n) is 8.76. The molecular weight excluding hydrogens is 358 g/mol. The average Bonchev–Trinajstić information content (AvgIpc) is 2.64. The van der Waals surface area contributed by atoms with E-state index in [4.69, 9.17) is 18.0 Å². The Kier molecular flexibility index (Phi) is 5.71. The summed E-state index contributed by atoms with van der Waals surface area (Å²) >= 11 is 5.58. The highest BCUT2D eigenvalue weighted by atomic mass is 32.1. The summed E-state index contributed by atoms with van der Waals surface area (Å²) in [6.07, 6.45) is 1.67. The Hall–Kier alpha value is -2.93. The van der Waals surface area contributed by atoms with Crippen molar-refractivity contribution >= 4 is 34.6 Å². The van der Waals surface area contributed by atoms with Crippen LogP contribution in [0.3, 0.4) is 0 Å². The lowest BCUT2D eigenvalue weighted by Crippen LogP contribution is -2.44. The van der Waals surface area contributed by atoms with Crippen LogP contribution in [-0.4, -0.2) is 34.4 Å². The van der Waals surface area contributed by atoms with E-state index in [2.05, 4.69) is 22.5 Å². The lowest BCUT2D eigenvalue weighted by molar-refractivity contribution is -0.126. The highest BCUT2D eigenvalue weighted by Crippen LogP contribution is 2.24. The molecule has 0 fully saturated rings. The van der Waals surface area contributed by atoms with Gasteiger partial charge < -0.3 is 21.3 Å². The fourth-order valence-electron chi connectivity index (χ4n) is 3.14. The smallest absolute Gasteiger partial charge is 0.258 e. The molecule has 1 aromatic heterocycles. The number of nitrogens with one attached hydrogen (secondary N) is 2. The number of likely N-dealkylation sites (N-methyl/N-ethyl adjacent to an activating group) is 1. The Labute approximate surface area is 164 Å². The maximum atomic E-state index is 12.8. The number of carbonyl (C=O) groups excluding carboxylic acids is 1. The number of para-hydroxylation sites is 1. The molecule has 1 unspecified atom stereocenters. The number of nitrogens with two attached hydrogens (primary N) is 1. The normalized spacial score (nSPS) is 17.0. The summed E-state index contributed by atoms with van der Waals surface area (Å²) in [5.74, 6) is 0.521. The number of nitrogens with zero attached hydrogens (tertiary/aromatic N) is 2. The number of hydrogen-bond acceptors (Lipinski definition) is 5. The maximum Gasteiger partial charge on any atom is 0.258 e. The Bertz CT molecular complexity index is 881. The zero-order chi connectivity index (χ0) is 19.4. The van der Waals surface area contributed by atoms with Crippen LogP contribution < -0.4 is 16.4 Å². The molecular formula is C20H23N5OS. The second-order valence-corrected chi connectivity index (χ2v) is 7.05. The van der Waals surface area contributed by atoms with E-state index in [1.165, 1.54) is 0 Å². The lowest BCUT2D eigenvalue weighted by atomic mass is 9.95. The van der Waals surface area contributed by atoms with Gasteiger partial charge in [0.05, 0.1) is 5.57 Å². The van der Waals surface area contributed by atoms with Gasteiger partial charge in [-0.1, -0.05) is 37.3 Å². The first-order valence-corrected chi connectivity index (χ1v) is 9.17. The van der Waals surface area contributed by atoms with Crippen LogP contribution in [0.1, 0.15) is 12.5 Å². The van der Waals surface area contributed by atoms with Crippen molar-refractivity contribution in [1.29, 1.82) is 0 Å². The van der Waals surface area contributed by atoms with Crippen molar-refractivity contribution in [3.8, 4) is 0 Å². The second-order valence-electron chi connectivity index (χ2n) is 6.64. The maximum absolute atomic E-state index is 12.8. The fraction of sp³-hybridized carbons (Fsp3) is 0.250. The van der Waals surface area contributed by atoms with E-state index in [1.54, 1.807) is 18.1 Å². The van der Waals surface area contributed by atoms with Crippen molar-refractivity contribution < 1.29 is 4.79 Å². The van der Waals surface area contributed by atoms with Crippen LogP contribution in [0, 0.1) is 5.92 Å². The summed E-state index contributed by atoms with van der Waals surface area (Å²) in [6, 6.07) is 13.3. The molecule has 1 aliphatic heterocycles. The number of carbonyl (C=O) groups is 1. The number of hydrogen-bond donors (Lipinski definition) is 3. The second kappa shape index (κ2) is 8.18. The van der Waals surface area contributed by atoms with Crippen LogP contribution in [0.2, 0.25) is 0 Å². The highest BCUT2D eigenvalue weighted by Gasteiger charge is 2.32. The average molecular weight is 382 g/mol. The number of benzene rings is 1. The predicted molar refractivity (Wildman–Crippen MR) is 112 cm³/mol. The molecule has 1 aliphatic rings. The van der Waals surface area contributed by atoms with Crippen LogP contribution in [0.25, 0.3) is 0 Å². The van der Waals surface area contributed by atoms with Crippen LogP contribution in [0.15, 0.2) is 59.9 Å². The van der Waals surface area contributed by atoms with E-state index in [1.807, 2.05) is 42.5 Å². The van der Waals surface area contributed by atoms with E-state index in [0.717, 1.165) is 16.9 Å². The summed E-state index contributed by atoms with van der Waals surface area (Å²) in [5.41, 5.74) is 8.96. The third kappa shape index (κ3) is 4.43. The van der Waals surface area contributed by atoms with Gasteiger partial charge in [0.25, 0.3) is 5.91 Å². The van der Waals surface area contributed by atoms with Gasteiger partial charge in [-0.25, -0.2) is 4.98 Å². The molecule has 1 aromatic carbocycles. The Morgan fingerprint density at radius 2 is 2.07 bits per heavy atom. The van der Waals surface area contributed by atoms with Gasteiger partial charge in [-0.2, -0.15) is 0 Å². The first kappa shape index (κ1) is 18.8. The summed E-state index contributed by atoms with van der Waals surface area (Å²) < 4.78 is 0. The molecule has 2 aromatic rings. The van der Waals surface area contributed by atoms with Crippen LogP contribution >= 0.6 is 12.2 Å². The van der Waals surface area contributed by atoms with Crippen molar-refractivity contribution in [2.24, 2.45) is 5.92 Å². The molecule has 0 bridgehead atoms. The van der Waals surface area contributed by atoms with Crippen molar-refractivity contribution in [1.82, 2.24) is 15.2 Å². The number of aromatic nitrogens is 1. The van der Waals surface area contributed by atoms with Gasteiger partial charge in [0, 0.05) is 43.6 Å². The Balaban J connectivity index is 1.88. The zero-order valence-corrected chi connectivity index (χ0v) is 16.2. The SMILES string of the molecule is CC1CN(C)C(=O)C(C(=S)Nc2ccccc2)=C1NCc1ccnc(N)c1. The van der Waals surface area contributed by atoms with Gasteiger partial charge in [-0.3, -0.25) is 4.79 Å². The minimum atomic E-state index is -0.0849. The molecule has 0 saturated heterocycles. The monoisotopic (exact) mass is 381 g/mol. The number of pyridine rings is 1. The quantitative estimate of drug-likeness (QED) is 0.691. The van der Waals surface area contributed by atoms with Crippen molar-refractivity contribution in [2.75, 3.05) is 24.6 Å². The third-order valence-electron chi connectivity index (χ3n) is 4.46. The number of rotatable bonds is 5. The van der Waals surface area contributed by atoms with Gasteiger partial charge in [0.15, 0.2) is 0 Å².